The van der Waals surface area contributed by atoms with Gasteiger partial charge in [-0.3, -0.25) is 24.3 Å². The number of anilines is 1. The van der Waals surface area contributed by atoms with Gasteiger partial charge in [0, 0.05) is 17.8 Å². The lowest BCUT2D eigenvalue weighted by atomic mass is 10.2. The van der Waals surface area contributed by atoms with Crippen molar-refractivity contribution in [3.8, 4) is 5.75 Å². The van der Waals surface area contributed by atoms with Gasteiger partial charge in [0.15, 0.2) is 0 Å². The number of aromatic nitrogens is 2. The minimum Gasteiger partial charge on any atom is -0.494 e. The Morgan fingerprint density at radius 3 is 2.78 bits per heavy atom. The zero-order valence-electron chi connectivity index (χ0n) is 12.5. The standard InChI is InChI=1S/C14H14N4O5/c1-9-5-14(20)17(8-15-9)7-13(19)16-11-4-3-10(18(21)22)6-12(11)23-2/h3-6,8H,7H2,1-2H3,(H,16,19). The Kier molecular flexibility index (Phi) is 4.69. The molecule has 0 fully saturated rings. The number of nitro benzene ring substituents is 1. The number of carbonyl (C=O) groups is 1. The van der Waals surface area contributed by atoms with Crippen LogP contribution in [-0.2, 0) is 11.3 Å². The highest BCUT2D eigenvalue weighted by atomic mass is 16.6. The average Bonchev–Trinajstić information content (AvgIpc) is 2.50. The van der Waals surface area contributed by atoms with Crippen LogP contribution in [0.1, 0.15) is 5.69 Å². The van der Waals surface area contributed by atoms with Crippen LogP contribution in [0.2, 0.25) is 0 Å². The van der Waals surface area contributed by atoms with Crippen molar-refractivity contribution in [2.24, 2.45) is 0 Å². The minimum atomic E-state index is -0.564. The van der Waals surface area contributed by atoms with Gasteiger partial charge in [-0.25, -0.2) is 4.98 Å². The molecule has 1 heterocycles. The number of non-ortho nitro benzene ring substituents is 1. The Hall–Kier alpha value is -3.23. The molecule has 9 nitrogen and oxygen atoms in total. The Morgan fingerprint density at radius 1 is 1.43 bits per heavy atom. The van der Waals surface area contributed by atoms with Gasteiger partial charge in [0.2, 0.25) is 5.91 Å². The largest absolute Gasteiger partial charge is 0.494 e. The first-order chi connectivity index (χ1) is 10.9. The van der Waals surface area contributed by atoms with E-state index in [-0.39, 0.29) is 29.2 Å². The van der Waals surface area contributed by atoms with Gasteiger partial charge < -0.3 is 10.1 Å². The third-order valence-electron chi connectivity index (χ3n) is 3.00. The maximum Gasteiger partial charge on any atom is 0.273 e. The van der Waals surface area contributed by atoms with Gasteiger partial charge in [-0.15, -0.1) is 0 Å². The fourth-order valence-electron chi connectivity index (χ4n) is 1.88. The molecule has 0 aliphatic rings. The Morgan fingerprint density at radius 2 is 2.17 bits per heavy atom. The van der Waals surface area contributed by atoms with Gasteiger partial charge in [-0.2, -0.15) is 0 Å². The molecule has 1 N–H and O–H groups in total. The molecule has 1 aromatic carbocycles. The van der Waals surface area contributed by atoms with Crippen molar-refractivity contribution in [1.29, 1.82) is 0 Å². The number of methoxy groups -OCH3 is 1. The van der Waals surface area contributed by atoms with Crippen LogP contribution in [0.25, 0.3) is 0 Å². The SMILES string of the molecule is COc1cc([N+](=O)[O-])ccc1NC(=O)Cn1cnc(C)cc1=O. The van der Waals surface area contributed by atoms with Gasteiger partial charge in [0.05, 0.1) is 30.1 Å². The van der Waals surface area contributed by atoms with Gasteiger partial charge >= 0.3 is 0 Å². The number of rotatable bonds is 5. The molecule has 2 rings (SSSR count). The molecular weight excluding hydrogens is 304 g/mol. The van der Waals surface area contributed by atoms with E-state index in [9.17, 15) is 19.7 Å². The van der Waals surface area contributed by atoms with Crippen molar-refractivity contribution in [2.75, 3.05) is 12.4 Å². The number of ether oxygens (including phenoxy) is 1. The maximum atomic E-state index is 12.0. The van der Waals surface area contributed by atoms with Crippen LogP contribution in [0.3, 0.4) is 0 Å². The van der Waals surface area contributed by atoms with Crippen LogP contribution in [0.15, 0.2) is 35.4 Å². The van der Waals surface area contributed by atoms with Crippen LogP contribution in [0.4, 0.5) is 11.4 Å². The zero-order chi connectivity index (χ0) is 17.0. The van der Waals surface area contributed by atoms with Gasteiger partial charge in [0.25, 0.3) is 11.2 Å². The molecular formula is C14H14N4O5. The highest BCUT2D eigenvalue weighted by Crippen LogP contribution is 2.28. The first kappa shape index (κ1) is 16.1. The maximum absolute atomic E-state index is 12.0. The van der Waals surface area contributed by atoms with Crippen molar-refractivity contribution in [3.05, 3.63) is 56.8 Å². The molecule has 120 valence electrons. The number of nitro groups is 1. The van der Waals surface area contributed by atoms with Gasteiger partial charge in [-0.1, -0.05) is 0 Å². The van der Waals surface area contributed by atoms with Crippen molar-refractivity contribution in [1.82, 2.24) is 9.55 Å². The molecule has 0 aliphatic heterocycles. The summed E-state index contributed by atoms with van der Waals surface area (Å²) in [6.07, 6.45) is 1.28. The molecule has 1 amide bonds. The number of hydrogen-bond acceptors (Lipinski definition) is 6. The second kappa shape index (κ2) is 6.69. The number of benzene rings is 1. The summed E-state index contributed by atoms with van der Waals surface area (Å²) in [5.74, 6) is -0.327. The molecule has 0 spiro atoms. The first-order valence-electron chi connectivity index (χ1n) is 6.56. The van der Waals surface area contributed by atoms with E-state index >= 15 is 0 Å². The molecule has 2 aromatic rings. The predicted octanol–water partition coefficient (Wildman–Crippen LogP) is 1.11. The van der Waals surface area contributed by atoms with E-state index in [1.165, 1.54) is 37.7 Å². The van der Waals surface area contributed by atoms with Gasteiger partial charge in [0.1, 0.15) is 12.3 Å². The molecule has 0 atom stereocenters. The molecule has 1 aromatic heterocycles. The fourth-order valence-corrected chi connectivity index (χ4v) is 1.88. The van der Waals surface area contributed by atoms with E-state index in [4.69, 9.17) is 4.74 Å². The fraction of sp³-hybridized carbons (Fsp3) is 0.214. The highest BCUT2D eigenvalue weighted by Gasteiger charge is 2.14. The number of amides is 1. The molecule has 0 aliphatic carbocycles. The normalized spacial score (nSPS) is 10.2. The van der Waals surface area contributed by atoms with Crippen LogP contribution < -0.4 is 15.6 Å². The van der Waals surface area contributed by atoms with Crippen molar-refractivity contribution in [2.45, 2.75) is 13.5 Å². The van der Waals surface area contributed by atoms with Crippen LogP contribution in [-0.4, -0.2) is 27.5 Å². The Labute approximate surface area is 130 Å². The summed E-state index contributed by atoms with van der Waals surface area (Å²) < 4.78 is 6.18. The molecule has 0 saturated heterocycles. The molecule has 0 bridgehead atoms. The topological polar surface area (TPSA) is 116 Å². The lowest BCUT2D eigenvalue weighted by molar-refractivity contribution is -0.384. The van der Waals surface area contributed by atoms with E-state index in [0.29, 0.717) is 5.69 Å². The Balaban J connectivity index is 2.16. The summed E-state index contributed by atoms with van der Waals surface area (Å²) in [5, 5.41) is 13.3. The van der Waals surface area contributed by atoms with E-state index in [0.717, 1.165) is 4.57 Å². The second-order valence-corrected chi connectivity index (χ2v) is 4.69. The molecule has 0 saturated carbocycles. The summed E-state index contributed by atoms with van der Waals surface area (Å²) in [6, 6.07) is 5.14. The summed E-state index contributed by atoms with van der Waals surface area (Å²) >= 11 is 0. The van der Waals surface area contributed by atoms with E-state index in [1.807, 2.05) is 0 Å². The number of aryl methyl sites for hydroxylation is 1. The van der Waals surface area contributed by atoms with Crippen molar-refractivity contribution >= 4 is 17.3 Å². The summed E-state index contributed by atoms with van der Waals surface area (Å²) in [5.41, 5.74) is 0.335. The monoisotopic (exact) mass is 318 g/mol. The van der Waals surface area contributed by atoms with E-state index in [1.54, 1.807) is 6.92 Å². The number of nitrogens with one attached hydrogen (secondary N) is 1. The van der Waals surface area contributed by atoms with Crippen LogP contribution in [0, 0.1) is 17.0 Å². The number of nitrogens with zero attached hydrogens (tertiary/aromatic N) is 3. The summed E-state index contributed by atoms with van der Waals surface area (Å²) in [7, 11) is 1.34. The minimum absolute atomic E-state index is 0.154. The predicted molar refractivity (Wildman–Crippen MR) is 81.5 cm³/mol. The summed E-state index contributed by atoms with van der Waals surface area (Å²) in [4.78, 5) is 37.8. The molecule has 0 radical (unpaired) electrons. The average molecular weight is 318 g/mol. The lowest BCUT2D eigenvalue weighted by Gasteiger charge is -2.10. The number of carbonyl (C=O) groups excluding carboxylic acids is 1. The second-order valence-electron chi connectivity index (χ2n) is 4.69. The molecule has 9 heteroatoms. The van der Waals surface area contributed by atoms with Crippen LogP contribution >= 0.6 is 0 Å². The first-order valence-corrected chi connectivity index (χ1v) is 6.56. The van der Waals surface area contributed by atoms with E-state index < -0.39 is 10.8 Å². The third kappa shape index (κ3) is 3.90. The third-order valence-corrected chi connectivity index (χ3v) is 3.00. The molecule has 23 heavy (non-hydrogen) atoms. The van der Waals surface area contributed by atoms with Gasteiger partial charge in [-0.05, 0) is 13.0 Å². The van der Waals surface area contributed by atoms with Crippen LogP contribution in [0.5, 0.6) is 5.75 Å². The summed E-state index contributed by atoms with van der Waals surface area (Å²) in [6.45, 7) is 1.44. The lowest BCUT2D eigenvalue weighted by Crippen LogP contribution is -2.27. The zero-order valence-corrected chi connectivity index (χ0v) is 12.5. The Bertz CT molecular complexity index is 815. The molecule has 0 unspecified atom stereocenters. The smallest absolute Gasteiger partial charge is 0.273 e. The van der Waals surface area contributed by atoms with Crippen molar-refractivity contribution in [3.63, 3.8) is 0 Å². The quantitative estimate of drug-likeness (QED) is 0.652. The van der Waals surface area contributed by atoms with Crippen molar-refractivity contribution < 1.29 is 14.5 Å². The van der Waals surface area contributed by atoms with E-state index in [2.05, 4.69) is 10.3 Å². The number of hydrogen-bond donors (Lipinski definition) is 1. The highest BCUT2D eigenvalue weighted by molar-refractivity contribution is 5.92.